The van der Waals surface area contributed by atoms with E-state index in [1.54, 1.807) is 6.07 Å². The largest absolute Gasteiger partial charge is 0.371 e. The average molecular weight is 272 g/mol. The summed E-state index contributed by atoms with van der Waals surface area (Å²) < 4.78 is 0. The molecule has 1 unspecified atom stereocenters. The zero-order valence-corrected chi connectivity index (χ0v) is 10.8. The van der Waals surface area contributed by atoms with Gasteiger partial charge in [-0.25, -0.2) is 0 Å². The summed E-state index contributed by atoms with van der Waals surface area (Å²) in [6, 6.07) is 12.0. The van der Waals surface area contributed by atoms with E-state index < -0.39 is 5.60 Å². The molecule has 0 bridgehead atoms. The summed E-state index contributed by atoms with van der Waals surface area (Å²) in [5.41, 5.74) is -0.420. The van der Waals surface area contributed by atoms with Crippen LogP contribution < -0.4 is 0 Å². The van der Waals surface area contributed by atoms with E-state index in [9.17, 15) is 15.6 Å². The normalized spacial score (nSPS) is 20.0. The maximum atomic E-state index is 10.4. The van der Waals surface area contributed by atoms with Gasteiger partial charge in [-0.15, -0.1) is 0 Å². The maximum Gasteiger partial charge on any atom is 0.182 e. The van der Waals surface area contributed by atoms with Crippen molar-refractivity contribution in [2.75, 3.05) is 0 Å². The van der Waals surface area contributed by atoms with Gasteiger partial charge in [0, 0.05) is 17.6 Å². The van der Waals surface area contributed by atoms with Gasteiger partial charge in [0.25, 0.3) is 0 Å². The number of benzene rings is 1. The third-order valence-electron chi connectivity index (χ3n) is 3.23. The van der Waals surface area contributed by atoms with Crippen LogP contribution in [0, 0.1) is 45.3 Å². The molecule has 5 nitrogen and oxygen atoms in total. The molecule has 0 radical (unpaired) electrons. The van der Waals surface area contributed by atoms with Gasteiger partial charge in [0.15, 0.2) is 5.60 Å². The Bertz CT molecular complexity index is 837. The lowest BCUT2D eigenvalue weighted by Crippen LogP contribution is -2.30. The Labute approximate surface area is 121 Å². The lowest BCUT2D eigenvalue weighted by atomic mass is 9.79. The van der Waals surface area contributed by atoms with Crippen LogP contribution in [0.25, 0.3) is 5.57 Å². The predicted molar refractivity (Wildman–Crippen MR) is 72.7 cm³/mol. The Morgan fingerprint density at radius 2 is 1.76 bits per heavy atom. The first-order valence-electron chi connectivity index (χ1n) is 5.97. The second-order valence-corrected chi connectivity index (χ2v) is 4.52. The SMILES string of the molecule is N#CC1=CC=C(c2ccc(C#N)cc2C#N)C(O)(C#N)C1. The number of allylic oxidation sites excluding steroid dienone is 2. The van der Waals surface area contributed by atoms with E-state index in [-0.39, 0.29) is 23.1 Å². The Hall–Kier alpha value is -3.38. The van der Waals surface area contributed by atoms with Gasteiger partial charge < -0.3 is 5.11 Å². The van der Waals surface area contributed by atoms with Crippen LogP contribution in [0.2, 0.25) is 0 Å². The number of nitrogens with zero attached hydrogens (tertiary/aromatic N) is 4. The third-order valence-corrected chi connectivity index (χ3v) is 3.23. The van der Waals surface area contributed by atoms with Crippen LogP contribution >= 0.6 is 0 Å². The Morgan fingerprint density at radius 3 is 2.33 bits per heavy atom. The average Bonchev–Trinajstić information content (AvgIpc) is 2.54. The minimum Gasteiger partial charge on any atom is -0.371 e. The minimum absolute atomic E-state index is 0.128. The van der Waals surface area contributed by atoms with E-state index in [4.69, 9.17) is 10.5 Å². The topological polar surface area (TPSA) is 115 Å². The first kappa shape index (κ1) is 14.0. The number of hydrogen-bond donors (Lipinski definition) is 1. The molecule has 0 heterocycles. The van der Waals surface area contributed by atoms with Crippen LogP contribution in [0.1, 0.15) is 23.1 Å². The monoisotopic (exact) mass is 272 g/mol. The molecule has 1 aromatic rings. The fourth-order valence-corrected chi connectivity index (χ4v) is 2.18. The molecule has 0 aromatic heterocycles. The Kier molecular flexibility index (Phi) is 3.55. The first-order valence-corrected chi connectivity index (χ1v) is 5.97. The standard InChI is InChI=1S/C16H8N4O/c17-7-11-1-3-14(13(5-11)9-19)15-4-2-12(8-18)6-16(15,21)10-20/h1-5,21H,6H2. The summed E-state index contributed by atoms with van der Waals surface area (Å²) in [6.45, 7) is 0. The molecular weight excluding hydrogens is 264 g/mol. The number of rotatable bonds is 1. The number of hydrogen-bond acceptors (Lipinski definition) is 5. The van der Waals surface area contributed by atoms with Crippen molar-refractivity contribution in [1.82, 2.24) is 0 Å². The van der Waals surface area contributed by atoms with Crippen LogP contribution in [0.3, 0.4) is 0 Å². The molecule has 98 valence electrons. The highest BCUT2D eigenvalue weighted by atomic mass is 16.3. The quantitative estimate of drug-likeness (QED) is 0.784. The van der Waals surface area contributed by atoms with Gasteiger partial charge in [-0.2, -0.15) is 21.0 Å². The zero-order chi connectivity index (χ0) is 15.5. The Morgan fingerprint density at radius 1 is 1.00 bits per heavy atom. The van der Waals surface area contributed by atoms with Gasteiger partial charge in [0.05, 0.1) is 29.3 Å². The highest BCUT2D eigenvalue weighted by Crippen LogP contribution is 2.37. The molecule has 1 atom stereocenters. The van der Waals surface area contributed by atoms with Crippen molar-refractivity contribution in [3.05, 3.63) is 52.6 Å². The highest BCUT2D eigenvalue weighted by Gasteiger charge is 2.36. The summed E-state index contributed by atoms with van der Waals surface area (Å²) in [5, 5.41) is 46.6. The van der Waals surface area contributed by atoms with Crippen molar-refractivity contribution in [1.29, 1.82) is 21.0 Å². The van der Waals surface area contributed by atoms with Gasteiger partial charge in [-0.05, 0) is 23.8 Å². The lowest BCUT2D eigenvalue weighted by molar-refractivity contribution is 0.161. The first-order chi connectivity index (χ1) is 10.1. The molecule has 21 heavy (non-hydrogen) atoms. The van der Waals surface area contributed by atoms with E-state index in [0.29, 0.717) is 11.1 Å². The van der Waals surface area contributed by atoms with Crippen molar-refractivity contribution >= 4 is 5.57 Å². The molecular formula is C16H8N4O. The molecule has 1 aromatic carbocycles. The van der Waals surface area contributed by atoms with Gasteiger partial charge in [-0.3, -0.25) is 0 Å². The van der Waals surface area contributed by atoms with Gasteiger partial charge in [-0.1, -0.05) is 12.1 Å². The van der Waals surface area contributed by atoms with E-state index in [1.165, 1.54) is 30.4 Å². The predicted octanol–water partition coefficient (Wildman–Crippen LogP) is 1.92. The number of aliphatic hydroxyl groups is 1. The molecule has 1 aliphatic rings. The summed E-state index contributed by atoms with van der Waals surface area (Å²) in [6.07, 6.45) is 2.85. The van der Waals surface area contributed by atoms with E-state index in [2.05, 4.69) is 0 Å². The van der Waals surface area contributed by atoms with E-state index in [1.807, 2.05) is 18.2 Å². The van der Waals surface area contributed by atoms with Gasteiger partial charge >= 0.3 is 0 Å². The molecule has 5 heteroatoms. The molecule has 2 rings (SSSR count). The second-order valence-electron chi connectivity index (χ2n) is 4.52. The van der Waals surface area contributed by atoms with Crippen LogP contribution in [0.4, 0.5) is 0 Å². The molecule has 0 aliphatic heterocycles. The highest BCUT2D eigenvalue weighted by molar-refractivity contribution is 5.81. The van der Waals surface area contributed by atoms with Gasteiger partial charge in [0.2, 0.25) is 0 Å². The Balaban J connectivity index is 2.67. The van der Waals surface area contributed by atoms with Crippen molar-refractivity contribution in [2.24, 2.45) is 0 Å². The summed E-state index contributed by atoms with van der Waals surface area (Å²) in [7, 11) is 0. The van der Waals surface area contributed by atoms with Crippen LogP contribution in [0.15, 0.2) is 35.9 Å². The minimum atomic E-state index is -1.86. The smallest absolute Gasteiger partial charge is 0.182 e. The van der Waals surface area contributed by atoms with Gasteiger partial charge in [0.1, 0.15) is 6.07 Å². The summed E-state index contributed by atoms with van der Waals surface area (Å²) in [4.78, 5) is 0. The van der Waals surface area contributed by atoms with Crippen LogP contribution in [0.5, 0.6) is 0 Å². The van der Waals surface area contributed by atoms with E-state index >= 15 is 0 Å². The molecule has 1 N–H and O–H groups in total. The van der Waals surface area contributed by atoms with Crippen LogP contribution in [-0.4, -0.2) is 10.7 Å². The molecule has 0 saturated heterocycles. The zero-order valence-electron chi connectivity index (χ0n) is 10.8. The van der Waals surface area contributed by atoms with Crippen molar-refractivity contribution in [3.63, 3.8) is 0 Å². The molecule has 0 amide bonds. The fraction of sp³-hybridized carbons (Fsp3) is 0.125. The molecule has 0 fully saturated rings. The third kappa shape index (κ3) is 2.38. The van der Waals surface area contributed by atoms with Crippen molar-refractivity contribution in [2.45, 2.75) is 12.0 Å². The van der Waals surface area contributed by atoms with Crippen LogP contribution in [-0.2, 0) is 0 Å². The maximum absolute atomic E-state index is 10.4. The second kappa shape index (κ2) is 5.32. The van der Waals surface area contributed by atoms with E-state index in [0.717, 1.165) is 0 Å². The molecule has 1 aliphatic carbocycles. The lowest BCUT2D eigenvalue weighted by Gasteiger charge is -2.27. The summed E-state index contributed by atoms with van der Waals surface area (Å²) in [5.74, 6) is 0. The molecule has 0 saturated carbocycles. The van der Waals surface area contributed by atoms with Crippen molar-refractivity contribution < 1.29 is 5.11 Å². The molecule has 0 spiro atoms. The fourth-order valence-electron chi connectivity index (χ4n) is 2.18. The number of nitriles is 4. The summed E-state index contributed by atoms with van der Waals surface area (Å²) >= 11 is 0. The van der Waals surface area contributed by atoms with Crippen molar-refractivity contribution in [3.8, 4) is 24.3 Å².